The zero-order valence-corrected chi connectivity index (χ0v) is 9.39. The number of aromatic nitrogens is 3. The number of aromatic amines is 1. The van der Waals surface area contributed by atoms with Crippen molar-refractivity contribution >= 4 is 0 Å². The highest BCUT2D eigenvalue weighted by Crippen LogP contribution is 2.17. The van der Waals surface area contributed by atoms with Crippen molar-refractivity contribution in [1.82, 2.24) is 15.0 Å². The summed E-state index contributed by atoms with van der Waals surface area (Å²) in [5.74, 6) is 0.315. The van der Waals surface area contributed by atoms with Crippen LogP contribution in [0.5, 0.6) is 11.8 Å². The summed E-state index contributed by atoms with van der Waals surface area (Å²) in [6.45, 7) is 1.49. The molecule has 0 aliphatic rings. The first kappa shape index (κ1) is 11.1. The summed E-state index contributed by atoms with van der Waals surface area (Å²) < 4.78 is 4.97. The molecule has 2 aromatic rings. The van der Waals surface area contributed by atoms with Crippen molar-refractivity contribution in [2.75, 3.05) is 7.11 Å². The molecule has 0 saturated carbocycles. The van der Waals surface area contributed by atoms with Gasteiger partial charge in [0.2, 0.25) is 11.8 Å². The summed E-state index contributed by atoms with van der Waals surface area (Å²) in [7, 11) is 1.49. The first-order valence-corrected chi connectivity index (χ1v) is 4.93. The highest BCUT2D eigenvalue weighted by atomic mass is 16.5. The van der Waals surface area contributed by atoms with Crippen LogP contribution < -0.4 is 10.3 Å². The van der Waals surface area contributed by atoms with Crippen molar-refractivity contribution in [3.05, 3.63) is 34.1 Å². The van der Waals surface area contributed by atoms with Gasteiger partial charge in [0.15, 0.2) is 5.82 Å². The predicted molar refractivity (Wildman–Crippen MR) is 61.0 cm³/mol. The third-order valence-corrected chi connectivity index (χ3v) is 2.30. The van der Waals surface area contributed by atoms with E-state index < -0.39 is 5.56 Å². The van der Waals surface area contributed by atoms with Crippen molar-refractivity contribution in [2.45, 2.75) is 6.92 Å². The molecule has 2 aromatic heterocycles. The maximum atomic E-state index is 11.5. The van der Waals surface area contributed by atoms with Crippen LogP contribution in [-0.4, -0.2) is 27.2 Å². The molecule has 0 spiro atoms. The van der Waals surface area contributed by atoms with Gasteiger partial charge in [0.05, 0.1) is 12.7 Å². The quantitative estimate of drug-likeness (QED) is 0.803. The number of nitrogens with zero attached hydrogens (tertiary/aromatic N) is 2. The van der Waals surface area contributed by atoms with Gasteiger partial charge in [-0.3, -0.25) is 4.79 Å². The van der Waals surface area contributed by atoms with E-state index in [2.05, 4.69) is 15.0 Å². The number of hydrogen-bond acceptors (Lipinski definition) is 5. The van der Waals surface area contributed by atoms with E-state index in [0.29, 0.717) is 11.6 Å². The fourth-order valence-electron chi connectivity index (χ4n) is 1.30. The largest absolute Gasteiger partial charge is 0.493 e. The molecule has 0 bridgehead atoms. The van der Waals surface area contributed by atoms with Crippen LogP contribution in [0, 0.1) is 6.92 Å². The molecule has 2 heterocycles. The van der Waals surface area contributed by atoms with E-state index in [1.165, 1.54) is 14.0 Å². The fourth-order valence-corrected chi connectivity index (χ4v) is 1.30. The lowest BCUT2D eigenvalue weighted by Gasteiger charge is -2.04. The van der Waals surface area contributed by atoms with Crippen LogP contribution in [0.4, 0.5) is 0 Å². The lowest BCUT2D eigenvalue weighted by Crippen LogP contribution is -2.12. The molecule has 0 radical (unpaired) electrons. The second-order valence-electron chi connectivity index (χ2n) is 3.43. The van der Waals surface area contributed by atoms with Gasteiger partial charge in [0, 0.05) is 6.07 Å². The van der Waals surface area contributed by atoms with Crippen LogP contribution in [0.15, 0.2) is 23.0 Å². The molecule has 0 fully saturated rings. The smallest absolute Gasteiger partial charge is 0.257 e. The average molecular weight is 233 g/mol. The number of aromatic hydroxyl groups is 1. The number of methoxy groups -OCH3 is 1. The summed E-state index contributed by atoms with van der Waals surface area (Å²) in [5, 5.41) is 9.48. The van der Waals surface area contributed by atoms with Crippen LogP contribution >= 0.6 is 0 Å². The minimum atomic E-state index is -0.392. The molecule has 0 atom stereocenters. The predicted octanol–water partition coefficient (Wildman–Crippen LogP) is 0.855. The standard InChI is InChI=1S/C11H11N3O3/c1-6-10(15)13-9(14-11(6)16)7-4-3-5-8(12-7)17-2/h3-5H,1-2H3,(H2,13,14,15,16). The van der Waals surface area contributed by atoms with Gasteiger partial charge in [-0.2, -0.15) is 4.98 Å². The van der Waals surface area contributed by atoms with E-state index in [9.17, 15) is 9.90 Å². The Labute approximate surface area is 96.9 Å². The van der Waals surface area contributed by atoms with Crippen molar-refractivity contribution in [1.29, 1.82) is 0 Å². The van der Waals surface area contributed by atoms with Gasteiger partial charge in [-0.1, -0.05) is 6.07 Å². The summed E-state index contributed by atoms with van der Waals surface area (Å²) in [6.07, 6.45) is 0. The Morgan fingerprint density at radius 1 is 1.35 bits per heavy atom. The van der Waals surface area contributed by atoms with Crippen molar-refractivity contribution in [2.24, 2.45) is 0 Å². The van der Waals surface area contributed by atoms with E-state index in [0.717, 1.165) is 0 Å². The summed E-state index contributed by atoms with van der Waals surface area (Å²) in [6, 6.07) is 5.06. The number of pyridine rings is 1. The molecule has 0 aliphatic carbocycles. The minimum Gasteiger partial charge on any atom is -0.493 e. The molecule has 88 valence electrons. The Hall–Kier alpha value is -2.37. The topological polar surface area (TPSA) is 88.1 Å². The summed E-state index contributed by atoms with van der Waals surface area (Å²) in [4.78, 5) is 22.0. The van der Waals surface area contributed by atoms with Crippen LogP contribution in [0.3, 0.4) is 0 Å². The van der Waals surface area contributed by atoms with E-state index in [1.807, 2.05) is 0 Å². The van der Waals surface area contributed by atoms with Crippen molar-refractivity contribution in [3.63, 3.8) is 0 Å². The van der Waals surface area contributed by atoms with Gasteiger partial charge >= 0.3 is 0 Å². The first-order valence-electron chi connectivity index (χ1n) is 4.93. The molecule has 2 rings (SSSR count). The number of nitrogens with one attached hydrogen (secondary N) is 1. The van der Waals surface area contributed by atoms with E-state index >= 15 is 0 Å². The second kappa shape index (κ2) is 4.25. The Bertz CT molecular complexity index is 607. The Morgan fingerprint density at radius 3 is 2.76 bits per heavy atom. The van der Waals surface area contributed by atoms with E-state index in [-0.39, 0.29) is 17.3 Å². The number of rotatable bonds is 2. The van der Waals surface area contributed by atoms with Crippen molar-refractivity contribution < 1.29 is 9.84 Å². The Balaban J connectivity index is 2.56. The number of H-pyrrole nitrogens is 1. The highest BCUT2D eigenvalue weighted by Gasteiger charge is 2.09. The van der Waals surface area contributed by atoms with E-state index in [1.54, 1.807) is 18.2 Å². The zero-order chi connectivity index (χ0) is 12.4. The first-order chi connectivity index (χ1) is 8.11. The summed E-state index contributed by atoms with van der Waals surface area (Å²) >= 11 is 0. The maximum absolute atomic E-state index is 11.5. The number of hydrogen-bond donors (Lipinski definition) is 2. The maximum Gasteiger partial charge on any atom is 0.257 e. The molecule has 0 unspecified atom stereocenters. The summed E-state index contributed by atoms with van der Waals surface area (Å²) in [5.41, 5.74) is 0.213. The highest BCUT2D eigenvalue weighted by molar-refractivity contribution is 5.50. The molecule has 0 saturated heterocycles. The van der Waals surface area contributed by atoms with Crippen LogP contribution in [-0.2, 0) is 0 Å². The zero-order valence-electron chi connectivity index (χ0n) is 9.39. The Kier molecular flexibility index (Phi) is 2.78. The van der Waals surface area contributed by atoms with Crippen LogP contribution in [0.25, 0.3) is 11.5 Å². The number of ether oxygens (including phenoxy) is 1. The lowest BCUT2D eigenvalue weighted by atomic mass is 10.3. The van der Waals surface area contributed by atoms with Crippen LogP contribution in [0.2, 0.25) is 0 Å². The van der Waals surface area contributed by atoms with Gasteiger partial charge in [-0.25, -0.2) is 4.98 Å². The fraction of sp³-hybridized carbons (Fsp3) is 0.182. The second-order valence-corrected chi connectivity index (χ2v) is 3.43. The molecule has 0 aromatic carbocycles. The molecule has 17 heavy (non-hydrogen) atoms. The molecule has 6 nitrogen and oxygen atoms in total. The van der Waals surface area contributed by atoms with Gasteiger partial charge < -0.3 is 14.8 Å². The molecule has 6 heteroatoms. The molecule has 0 amide bonds. The third-order valence-electron chi connectivity index (χ3n) is 2.30. The molecular formula is C11H11N3O3. The third kappa shape index (κ3) is 2.10. The molecular weight excluding hydrogens is 222 g/mol. The van der Waals surface area contributed by atoms with Gasteiger partial charge in [0.25, 0.3) is 5.56 Å². The van der Waals surface area contributed by atoms with Crippen molar-refractivity contribution in [3.8, 4) is 23.3 Å². The minimum absolute atomic E-state index is 0.177. The SMILES string of the molecule is COc1cccc(-c2nc(O)c(C)c(=O)[nH]2)n1. The van der Waals surface area contributed by atoms with Crippen LogP contribution in [0.1, 0.15) is 5.56 Å². The Morgan fingerprint density at radius 2 is 2.12 bits per heavy atom. The normalized spacial score (nSPS) is 10.2. The molecule has 0 aliphatic heterocycles. The molecule has 2 N–H and O–H groups in total. The van der Waals surface area contributed by atoms with E-state index in [4.69, 9.17) is 4.74 Å². The average Bonchev–Trinajstić information content (AvgIpc) is 2.35. The van der Waals surface area contributed by atoms with Gasteiger partial charge in [-0.05, 0) is 13.0 Å². The monoisotopic (exact) mass is 233 g/mol. The van der Waals surface area contributed by atoms with Gasteiger partial charge in [0.1, 0.15) is 5.69 Å². The lowest BCUT2D eigenvalue weighted by molar-refractivity contribution is 0.398. The van der Waals surface area contributed by atoms with Gasteiger partial charge in [-0.15, -0.1) is 0 Å².